The second-order valence-corrected chi connectivity index (χ2v) is 9.05. The van der Waals surface area contributed by atoms with Crippen LogP contribution < -0.4 is 5.32 Å². The van der Waals surface area contributed by atoms with Gasteiger partial charge in [-0.05, 0) is 54.8 Å². The first-order valence-electron chi connectivity index (χ1n) is 10.5. The lowest BCUT2D eigenvalue weighted by molar-refractivity contribution is -0.126. The van der Waals surface area contributed by atoms with E-state index in [1.165, 1.54) is 11.3 Å². The maximum Gasteiger partial charge on any atom is 0.264 e. The van der Waals surface area contributed by atoms with E-state index in [1.54, 1.807) is 12.4 Å². The third kappa shape index (κ3) is 4.55. The smallest absolute Gasteiger partial charge is 0.264 e. The monoisotopic (exact) mass is 428 g/mol. The van der Waals surface area contributed by atoms with Gasteiger partial charge in [0.1, 0.15) is 0 Å². The molecular weight excluding hydrogens is 400 g/mol. The number of pyridine rings is 1. The van der Waals surface area contributed by atoms with Crippen molar-refractivity contribution in [2.24, 2.45) is 0 Å². The molecule has 0 bridgehead atoms. The molecule has 8 heteroatoms. The summed E-state index contributed by atoms with van der Waals surface area (Å²) in [6, 6.07) is 5.62. The van der Waals surface area contributed by atoms with Crippen molar-refractivity contribution in [1.29, 1.82) is 0 Å². The van der Waals surface area contributed by atoms with Crippen LogP contribution in [-0.4, -0.2) is 69.5 Å². The number of thiophene rings is 1. The zero-order valence-electron chi connectivity index (χ0n) is 17.2. The number of piperidine rings is 1. The van der Waals surface area contributed by atoms with Gasteiger partial charge >= 0.3 is 0 Å². The Bertz CT molecular complexity index is 880. The van der Waals surface area contributed by atoms with E-state index in [2.05, 4.69) is 15.2 Å². The molecule has 2 aliphatic heterocycles. The third-order valence-electron chi connectivity index (χ3n) is 6.09. The highest BCUT2D eigenvalue weighted by atomic mass is 32.1. The van der Waals surface area contributed by atoms with Crippen molar-refractivity contribution in [2.75, 3.05) is 19.6 Å². The Morgan fingerprint density at radius 1 is 1.30 bits per heavy atom. The molecule has 4 heterocycles. The van der Waals surface area contributed by atoms with Gasteiger partial charge in [0.25, 0.3) is 5.91 Å². The molecule has 2 aromatic heterocycles. The number of β-amino-alcohol motifs (C(OH)–C–C–N with tert-alkyl or cyclic N) is 1. The molecule has 2 aromatic rings. The van der Waals surface area contributed by atoms with Crippen molar-refractivity contribution in [3.8, 4) is 0 Å². The molecule has 4 rings (SSSR count). The highest BCUT2D eigenvalue weighted by molar-refractivity contribution is 7.12. The molecule has 0 unspecified atom stereocenters. The third-order valence-corrected chi connectivity index (χ3v) is 7.09. The molecular formula is C22H28N4O3S. The summed E-state index contributed by atoms with van der Waals surface area (Å²) in [6.45, 7) is 4.26. The first-order chi connectivity index (χ1) is 14.5. The minimum absolute atomic E-state index is 0.0527. The summed E-state index contributed by atoms with van der Waals surface area (Å²) in [5.41, 5.74) is 1.98. The maximum atomic E-state index is 12.8. The molecule has 2 saturated heterocycles. The minimum atomic E-state index is -0.493. The molecule has 0 saturated carbocycles. The lowest BCUT2D eigenvalue weighted by Crippen LogP contribution is -2.52. The van der Waals surface area contributed by atoms with Crippen LogP contribution >= 0.6 is 11.3 Å². The van der Waals surface area contributed by atoms with Crippen molar-refractivity contribution in [1.82, 2.24) is 20.1 Å². The number of aliphatic hydroxyl groups is 1. The van der Waals surface area contributed by atoms with E-state index in [1.807, 2.05) is 35.4 Å². The number of carbonyl (C=O) groups excluding carboxylic acids is 2. The van der Waals surface area contributed by atoms with Crippen molar-refractivity contribution in [2.45, 2.75) is 50.9 Å². The van der Waals surface area contributed by atoms with Crippen LogP contribution in [0.3, 0.4) is 0 Å². The number of aromatic nitrogens is 1. The largest absolute Gasteiger partial charge is 0.392 e. The second-order valence-electron chi connectivity index (χ2n) is 8.14. The van der Waals surface area contributed by atoms with Crippen LogP contribution in [0.5, 0.6) is 0 Å². The van der Waals surface area contributed by atoms with Crippen molar-refractivity contribution in [3.63, 3.8) is 0 Å². The average molecular weight is 429 g/mol. The zero-order valence-corrected chi connectivity index (χ0v) is 18.0. The Kier molecular flexibility index (Phi) is 6.46. The van der Waals surface area contributed by atoms with Gasteiger partial charge in [-0.2, -0.15) is 0 Å². The average Bonchev–Trinajstić information content (AvgIpc) is 3.38. The highest BCUT2D eigenvalue weighted by Gasteiger charge is 2.41. The summed E-state index contributed by atoms with van der Waals surface area (Å²) in [7, 11) is 0. The molecule has 0 aliphatic carbocycles. The van der Waals surface area contributed by atoms with E-state index >= 15 is 0 Å². The lowest BCUT2D eigenvalue weighted by atomic mass is 10.0. The number of hydrogen-bond acceptors (Lipinski definition) is 6. The number of carbonyl (C=O) groups is 2. The minimum Gasteiger partial charge on any atom is -0.392 e. The highest BCUT2D eigenvalue weighted by Crippen LogP contribution is 2.28. The normalized spacial score (nSPS) is 22.9. The number of rotatable bonds is 5. The summed E-state index contributed by atoms with van der Waals surface area (Å²) in [5.74, 6) is 0.0521. The van der Waals surface area contributed by atoms with E-state index < -0.39 is 6.10 Å². The number of nitrogens with zero attached hydrogens (tertiary/aromatic N) is 3. The van der Waals surface area contributed by atoms with Crippen LogP contribution in [-0.2, 0) is 11.3 Å². The molecule has 7 nitrogen and oxygen atoms in total. The molecule has 2 amide bonds. The van der Waals surface area contributed by atoms with Crippen LogP contribution in [0.15, 0.2) is 36.0 Å². The maximum absolute atomic E-state index is 12.8. The van der Waals surface area contributed by atoms with Crippen LogP contribution in [0.2, 0.25) is 0 Å². The number of amides is 2. The van der Waals surface area contributed by atoms with E-state index in [0.717, 1.165) is 28.8 Å². The Labute approximate surface area is 180 Å². The van der Waals surface area contributed by atoms with Crippen molar-refractivity contribution >= 4 is 23.2 Å². The van der Waals surface area contributed by atoms with Crippen molar-refractivity contribution in [3.05, 3.63) is 52.0 Å². The summed E-state index contributed by atoms with van der Waals surface area (Å²) in [4.78, 5) is 34.5. The predicted octanol–water partition coefficient (Wildman–Crippen LogP) is 1.81. The fraction of sp³-hybridized carbons (Fsp3) is 0.500. The number of hydrogen-bond donors (Lipinski definition) is 2. The van der Waals surface area contributed by atoms with Crippen LogP contribution in [0.1, 0.15) is 40.1 Å². The fourth-order valence-electron chi connectivity index (χ4n) is 4.45. The first-order valence-corrected chi connectivity index (χ1v) is 11.3. The molecule has 2 fully saturated rings. The van der Waals surface area contributed by atoms with Gasteiger partial charge in [-0.3, -0.25) is 19.5 Å². The molecule has 0 radical (unpaired) electrons. The fourth-order valence-corrected chi connectivity index (χ4v) is 5.34. The number of nitrogens with one attached hydrogen (secondary N) is 1. The molecule has 0 aromatic carbocycles. The number of aryl methyl sites for hydroxylation is 1. The molecule has 2 N–H and O–H groups in total. The Morgan fingerprint density at radius 3 is 2.77 bits per heavy atom. The van der Waals surface area contributed by atoms with E-state index in [-0.39, 0.29) is 23.9 Å². The first kappa shape index (κ1) is 21.0. The van der Waals surface area contributed by atoms with Crippen LogP contribution in [0.25, 0.3) is 0 Å². The standard InChI is InChI=1S/C22H28N4O3S/c1-15-6-10-30-20(15)22(29)25-8-4-17(5-9-25)26-14-18(27)11-19(26)21(28)24-13-16-3-2-7-23-12-16/h2-3,6-7,10,12,17-19,27H,4-5,8-9,11,13-14H2,1H3,(H,24,28)/t18-,19+/m1/s1. The van der Waals surface area contributed by atoms with Gasteiger partial charge < -0.3 is 15.3 Å². The van der Waals surface area contributed by atoms with Gasteiger partial charge in [-0.25, -0.2) is 0 Å². The van der Waals surface area contributed by atoms with Crippen molar-refractivity contribution < 1.29 is 14.7 Å². The second kappa shape index (κ2) is 9.24. The SMILES string of the molecule is Cc1ccsc1C(=O)N1CCC(N2C[C@H](O)C[C@H]2C(=O)NCc2cccnc2)CC1. The Balaban J connectivity index is 1.34. The van der Waals surface area contributed by atoms with Crippen LogP contribution in [0.4, 0.5) is 0 Å². The predicted molar refractivity (Wildman–Crippen MR) is 115 cm³/mol. The van der Waals surface area contributed by atoms with E-state index in [9.17, 15) is 14.7 Å². The zero-order chi connectivity index (χ0) is 21.1. The lowest BCUT2D eigenvalue weighted by Gasteiger charge is -2.38. The summed E-state index contributed by atoms with van der Waals surface area (Å²) in [5, 5.41) is 15.2. The topological polar surface area (TPSA) is 85.8 Å². The number of aliphatic hydroxyl groups excluding tert-OH is 1. The van der Waals surface area contributed by atoms with Gasteiger partial charge in [0.2, 0.25) is 5.91 Å². The summed E-state index contributed by atoms with van der Waals surface area (Å²) >= 11 is 1.49. The van der Waals surface area contributed by atoms with Gasteiger partial charge in [0, 0.05) is 44.6 Å². The quantitative estimate of drug-likeness (QED) is 0.759. The molecule has 160 valence electrons. The molecule has 2 atom stereocenters. The molecule has 2 aliphatic rings. The Morgan fingerprint density at radius 2 is 2.10 bits per heavy atom. The van der Waals surface area contributed by atoms with Crippen LogP contribution in [0, 0.1) is 6.92 Å². The summed E-state index contributed by atoms with van der Waals surface area (Å²) < 4.78 is 0. The summed E-state index contributed by atoms with van der Waals surface area (Å²) in [6.07, 6.45) is 5.03. The van der Waals surface area contributed by atoms with E-state index in [0.29, 0.717) is 32.6 Å². The van der Waals surface area contributed by atoms with Gasteiger partial charge in [0.15, 0.2) is 0 Å². The van der Waals surface area contributed by atoms with E-state index in [4.69, 9.17) is 0 Å². The molecule has 0 spiro atoms. The van der Waals surface area contributed by atoms with Gasteiger partial charge in [0.05, 0.1) is 17.0 Å². The van der Waals surface area contributed by atoms with Gasteiger partial charge in [-0.15, -0.1) is 11.3 Å². The molecule has 30 heavy (non-hydrogen) atoms. The Hall–Kier alpha value is -2.29. The van der Waals surface area contributed by atoms with Gasteiger partial charge in [-0.1, -0.05) is 6.07 Å². The number of likely N-dealkylation sites (tertiary alicyclic amines) is 2.